The third-order valence-corrected chi connectivity index (χ3v) is 3.90. The van der Waals surface area contributed by atoms with Crippen LogP contribution in [0.3, 0.4) is 0 Å². The lowest BCUT2D eigenvalue weighted by molar-refractivity contribution is -0.988. The van der Waals surface area contributed by atoms with Gasteiger partial charge in [0.25, 0.3) is 0 Å². The molecule has 1 aliphatic heterocycles. The van der Waals surface area contributed by atoms with Crippen LogP contribution >= 0.6 is 0 Å². The molecule has 1 aliphatic rings. The fourth-order valence-corrected chi connectivity index (χ4v) is 2.65. The molecule has 1 unspecified atom stereocenters. The molecular formula is C16H31N2O+. The third-order valence-electron chi connectivity index (χ3n) is 3.90. The number of hydrogen-bond acceptors (Lipinski definition) is 2. The van der Waals surface area contributed by atoms with Crippen molar-refractivity contribution in [2.45, 2.75) is 78.1 Å². The van der Waals surface area contributed by atoms with Gasteiger partial charge < -0.3 is 0 Å². The first-order valence-corrected chi connectivity index (χ1v) is 8.08. The van der Waals surface area contributed by atoms with Gasteiger partial charge in [0.05, 0.1) is 6.20 Å². The molecular weight excluding hydrogens is 236 g/mol. The van der Waals surface area contributed by atoms with Crippen LogP contribution in [-0.4, -0.2) is 22.2 Å². The van der Waals surface area contributed by atoms with Crippen molar-refractivity contribution in [2.75, 3.05) is 6.54 Å². The number of unbranched alkanes of at least 4 members (excludes halogenated alkanes) is 8. The standard InChI is InChI=1S/C16H31N2O/c1-3-5-6-7-8-9-10-11-12-14-18(19)15-13-17-16(18)4-2/h13,15,19H,3-12,14H2,1-2H3/q+1. The average Bonchev–Trinajstić information content (AvgIpc) is 2.78. The molecule has 0 amide bonds. The number of rotatable bonds is 11. The van der Waals surface area contributed by atoms with Gasteiger partial charge in [-0.1, -0.05) is 58.8 Å². The maximum absolute atomic E-state index is 10.4. The van der Waals surface area contributed by atoms with Crippen LogP contribution in [0.15, 0.2) is 17.4 Å². The fourth-order valence-electron chi connectivity index (χ4n) is 2.65. The molecule has 3 nitrogen and oxygen atoms in total. The van der Waals surface area contributed by atoms with Gasteiger partial charge in [-0.2, -0.15) is 0 Å². The van der Waals surface area contributed by atoms with E-state index in [1.807, 2.05) is 6.92 Å². The SMILES string of the molecule is CCCCCCCCCCC[N+]1(O)C=CN=C1CC. The van der Waals surface area contributed by atoms with E-state index in [1.54, 1.807) is 12.4 Å². The van der Waals surface area contributed by atoms with Crippen molar-refractivity contribution in [3.8, 4) is 0 Å². The first-order valence-electron chi connectivity index (χ1n) is 8.08. The zero-order chi connectivity index (χ0) is 14.0. The van der Waals surface area contributed by atoms with Gasteiger partial charge in [0, 0.05) is 12.8 Å². The molecule has 0 spiro atoms. The zero-order valence-corrected chi connectivity index (χ0v) is 12.8. The second-order valence-corrected chi connectivity index (χ2v) is 5.58. The van der Waals surface area contributed by atoms with Crippen molar-refractivity contribution < 1.29 is 9.85 Å². The lowest BCUT2D eigenvalue weighted by Gasteiger charge is -2.22. The first-order chi connectivity index (χ1) is 9.23. The largest absolute Gasteiger partial charge is 0.240 e. The molecule has 0 bridgehead atoms. The Morgan fingerprint density at radius 3 is 2.11 bits per heavy atom. The molecule has 0 fully saturated rings. The van der Waals surface area contributed by atoms with Crippen LogP contribution in [0.1, 0.15) is 78.1 Å². The van der Waals surface area contributed by atoms with Crippen LogP contribution in [0.2, 0.25) is 0 Å². The summed E-state index contributed by atoms with van der Waals surface area (Å²) in [6.07, 6.45) is 16.2. The van der Waals surface area contributed by atoms with E-state index in [1.165, 1.54) is 51.4 Å². The molecule has 3 heteroatoms. The van der Waals surface area contributed by atoms with Crippen LogP contribution < -0.4 is 0 Å². The van der Waals surface area contributed by atoms with Gasteiger partial charge in [-0.15, -0.1) is 4.65 Å². The molecule has 0 saturated carbocycles. The van der Waals surface area contributed by atoms with E-state index in [0.717, 1.165) is 25.2 Å². The van der Waals surface area contributed by atoms with E-state index < -0.39 is 0 Å². The highest BCUT2D eigenvalue weighted by molar-refractivity contribution is 5.77. The summed E-state index contributed by atoms with van der Waals surface area (Å²) in [7, 11) is 0. The molecule has 1 heterocycles. The summed E-state index contributed by atoms with van der Waals surface area (Å²) in [5.74, 6) is 0.875. The highest BCUT2D eigenvalue weighted by Gasteiger charge is 2.32. The predicted molar refractivity (Wildman–Crippen MR) is 81.0 cm³/mol. The summed E-state index contributed by atoms with van der Waals surface area (Å²) in [6.45, 7) is 5.08. The molecule has 0 radical (unpaired) electrons. The average molecular weight is 267 g/mol. The number of quaternary nitrogens is 1. The minimum atomic E-state index is -0.0486. The van der Waals surface area contributed by atoms with Crippen molar-refractivity contribution in [3.05, 3.63) is 12.4 Å². The van der Waals surface area contributed by atoms with Gasteiger partial charge in [0.2, 0.25) is 5.84 Å². The van der Waals surface area contributed by atoms with E-state index in [9.17, 15) is 5.21 Å². The molecule has 0 aromatic carbocycles. The monoisotopic (exact) mass is 267 g/mol. The Bertz CT molecular complexity index is 299. The Morgan fingerprint density at radius 1 is 0.947 bits per heavy atom. The van der Waals surface area contributed by atoms with Crippen LogP contribution in [0, 0.1) is 0 Å². The van der Waals surface area contributed by atoms with Gasteiger partial charge in [-0.05, 0) is 6.42 Å². The number of hydrogen-bond donors (Lipinski definition) is 1. The minimum absolute atomic E-state index is 0.0486. The van der Waals surface area contributed by atoms with E-state index in [-0.39, 0.29) is 4.65 Å². The van der Waals surface area contributed by atoms with Crippen molar-refractivity contribution in [2.24, 2.45) is 4.99 Å². The molecule has 0 aromatic heterocycles. The summed E-state index contributed by atoms with van der Waals surface area (Å²) in [5.41, 5.74) is 0. The smallest absolute Gasteiger partial charge is 0.205 e. The van der Waals surface area contributed by atoms with E-state index >= 15 is 0 Å². The lowest BCUT2D eigenvalue weighted by Crippen LogP contribution is -2.43. The molecule has 1 N–H and O–H groups in total. The number of amidine groups is 1. The predicted octanol–water partition coefficient (Wildman–Crippen LogP) is 5.02. The quantitative estimate of drug-likeness (QED) is 0.414. The normalized spacial score (nSPS) is 21.9. The summed E-state index contributed by atoms with van der Waals surface area (Å²) in [5, 5.41) is 10.4. The van der Waals surface area contributed by atoms with Gasteiger partial charge in [0.1, 0.15) is 6.54 Å². The summed E-state index contributed by atoms with van der Waals surface area (Å²) in [4.78, 5) is 4.22. The second-order valence-electron chi connectivity index (χ2n) is 5.58. The van der Waals surface area contributed by atoms with Gasteiger partial charge in [0.15, 0.2) is 6.20 Å². The summed E-state index contributed by atoms with van der Waals surface area (Å²) in [6, 6.07) is 0. The van der Waals surface area contributed by atoms with Crippen LogP contribution in [0.25, 0.3) is 0 Å². The summed E-state index contributed by atoms with van der Waals surface area (Å²) < 4.78 is -0.0486. The lowest BCUT2D eigenvalue weighted by atomic mass is 10.1. The number of nitrogens with zero attached hydrogens (tertiary/aromatic N) is 2. The molecule has 0 aliphatic carbocycles. The minimum Gasteiger partial charge on any atom is -0.205 e. The Balaban J connectivity index is 1.99. The fraction of sp³-hybridized carbons (Fsp3) is 0.812. The summed E-state index contributed by atoms with van der Waals surface area (Å²) >= 11 is 0. The highest BCUT2D eigenvalue weighted by Crippen LogP contribution is 2.18. The molecule has 110 valence electrons. The van der Waals surface area contributed by atoms with Crippen LogP contribution in [0.4, 0.5) is 0 Å². The molecule has 0 saturated heterocycles. The Hall–Kier alpha value is -0.670. The Morgan fingerprint density at radius 2 is 1.53 bits per heavy atom. The van der Waals surface area contributed by atoms with Gasteiger partial charge in [-0.3, -0.25) is 0 Å². The molecule has 19 heavy (non-hydrogen) atoms. The van der Waals surface area contributed by atoms with Gasteiger partial charge >= 0.3 is 0 Å². The molecule has 0 aromatic rings. The van der Waals surface area contributed by atoms with Crippen molar-refractivity contribution in [3.63, 3.8) is 0 Å². The van der Waals surface area contributed by atoms with E-state index in [4.69, 9.17) is 0 Å². The molecule has 1 rings (SSSR count). The van der Waals surface area contributed by atoms with Crippen LogP contribution in [0.5, 0.6) is 0 Å². The third kappa shape index (κ3) is 5.87. The number of aliphatic imine (C=N–C) groups is 1. The second kappa shape index (κ2) is 9.27. The molecule has 1 atom stereocenters. The van der Waals surface area contributed by atoms with Gasteiger partial charge in [-0.25, -0.2) is 10.2 Å². The highest BCUT2D eigenvalue weighted by atomic mass is 16.5. The Kier molecular flexibility index (Phi) is 7.99. The topological polar surface area (TPSA) is 32.6 Å². The van der Waals surface area contributed by atoms with E-state index in [2.05, 4.69) is 11.9 Å². The van der Waals surface area contributed by atoms with E-state index in [0.29, 0.717) is 0 Å². The zero-order valence-electron chi connectivity index (χ0n) is 12.8. The first kappa shape index (κ1) is 16.4. The van der Waals surface area contributed by atoms with Crippen LogP contribution in [-0.2, 0) is 0 Å². The van der Waals surface area contributed by atoms with Crippen molar-refractivity contribution >= 4 is 5.84 Å². The maximum Gasteiger partial charge on any atom is 0.240 e. The number of hydroxylamine groups is 3. The van der Waals surface area contributed by atoms with Crippen molar-refractivity contribution in [1.29, 1.82) is 0 Å². The van der Waals surface area contributed by atoms with Crippen molar-refractivity contribution in [1.82, 2.24) is 0 Å². The Labute approximate surface area is 118 Å². The maximum atomic E-state index is 10.4.